The smallest absolute Gasteiger partial charge is 0.237 e. The van der Waals surface area contributed by atoms with E-state index in [2.05, 4.69) is 22.3 Å². The summed E-state index contributed by atoms with van der Waals surface area (Å²) in [5.41, 5.74) is 7.18. The Morgan fingerprint density at radius 1 is 1.43 bits per heavy atom. The predicted molar refractivity (Wildman–Crippen MR) is 91.7 cm³/mol. The molecule has 0 spiro atoms. The zero-order valence-corrected chi connectivity index (χ0v) is 14.1. The van der Waals surface area contributed by atoms with Gasteiger partial charge in [0.1, 0.15) is 0 Å². The fraction of sp³-hybridized carbons (Fsp3) is 0.611. The van der Waals surface area contributed by atoms with Crippen molar-refractivity contribution < 1.29 is 9.90 Å². The highest BCUT2D eigenvalue weighted by Gasteiger charge is 2.31. The molecule has 0 saturated carbocycles. The molecule has 0 aliphatic carbocycles. The van der Waals surface area contributed by atoms with E-state index < -0.39 is 6.04 Å². The average Bonchev–Trinajstić information content (AvgIpc) is 2.91. The van der Waals surface area contributed by atoms with Crippen LogP contribution in [0.4, 0.5) is 0 Å². The molecule has 0 radical (unpaired) electrons. The number of nitrogens with one attached hydrogen (secondary N) is 1. The number of nitrogens with two attached hydrogens (primary N) is 1. The normalized spacial score (nSPS) is 24.3. The molecule has 1 fully saturated rings. The highest BCUT2D eigenvalue weighted by molar-refractivity contribution is 5.81. The summed E-state index contributed by atoms with van der Waals surface area (Å²) in [5, 5.41) is 12.9. The summed E-state index contributed by atoms with van der Waals surface area (Å²) in [6.45, 7) is 5.99. The Bertz CT molecular complexity index is 494. The van der Waals surface area contributed by atoms with Crippen molar-refractivity contribution in [3.8, 4) is 0 Å². The molecular weight excluding hydrogens is 290 g/mol. The molecule has 5 heteroatoms. The molecule has 1 saturated heterocycles. The number of β-amino-alcohol motifs (C(OH)–C–C–N with tert-alkyl or cyclic N) is 1. The molecule has 5 nitrogen and oxygen atoms in total. The minimum Gasteiger partial charge on any atom is -0.392 e. The quantitative estimate of drug-likeness (QED) is 0.703. The van der Waals surface area contributed by atoms with Gasteiger partial charge < -0.3 is 16.2 Å². The number of likely N-dealkylation sites (tertiary alicyclic amines) is 1. The van der Waals surface area contributed by atoms with E-state index in [9.17, 15) is 9.90 Å². The Labute approximate surface area is 138 Å². The molecule has 4 N–H and O–H groups in total. The van der Waals surface area contributed by atoms with Crippen molar-refractivity contribution in [1.29, 1.82) is 0 Å². The molecule has 23 heavy (non-hydrogen) atoms. The van der Waals surface area contributed by atoms with Crippen LogP contribution in [0.1, 0.15) is 32.3 Å². The molecule has 4 atom stereocenters. The summed E-state index contributed by atoms with van der Waals surface area (Å²) in [7, 11) is 0. The maximum atomic E-state index is 12.1. The summed E-state index contributed by atoms with van der Waals surface area (Å²) in [5.74, 6) is 0.0741. The summed E-state index contributed by atoms with van der Waals surface area (Å²) >= 11 is 0. The molecule has 1 aromatic rings. The van der Waals surface area contributed by atoms with Gasteiger partial charge in [-0.25, -0.2) is 0 Å². The first kappa shape index (κ1) is 17.9. The molecular formula is C18H29N3O2. The molecule has 128 valence electrons. The summed E-state index contributed by atoms with van der Waals surface area (Å²) in [4.78, 5) is 14.4. The van der Waals surface area contributed by atoms with Crippen molar-refractivity contribution in [3.63, 3.8) is 0 Å². The third-order valence-corrected chi connectivity index (χ3v) is 4.81. The number of nitrogens with zero attached hydrogens (tertiary/aromatic N) is 1. The number of rotatable bonds is 7. The van der Waals surface area contributed by atoms with Gasteiger partial charge >= 0.3 is 0 Å². The Balaban J connectivity index is 1.88. The molecule has 1 aliphatic heterocycles. The fourth-order valence-electron chi connectivity index (χ4n) is 3.03. The zero-order chi connectivity index (χ0) is 16.8. The Morgan fingerprint density at radius 2 is 2.13 bits per heavy atom. The Kier molecular flexibility index (Phi) is 6.57. The number of aliphatic hydroxyl groups is 1. The lowest BCUT2D eigenvalue weighted by atomic mass is 9.99. The minimum absolute atomic E-state index is 0.0969. The monoisotopic (exact) mass is 319 g/mol. The van der Waals surface area contributed by atoms with E-state index in [4.69, 9.17) is 5.73 Å². The highest BCUT2D eigenvalue weighted by atomic mass is 16.3. The number of amides is 1. The van der Waals surface area contributed by atoms with Gasteiger partial charge in [-0.3, -0.25) is 9.69 Å². The van der Waals surface area contributed by atoms with Gasteiger partial charge in [0, 0.05) is 25.7 Å². The number of aliphatic hydroxyl groups excluding tert-OH is 1. The molecule has 0 aromatic heterocycles. The van der Waals surface area contributed by atoms with Gasteiger partial charge in [0.25, 0.3) is 0 Å². The third kappa shape index (κ3) is 5.03. The molecule has 2 rings (SSSR count). The van der Waals surface area contributed by atoms with Crippen molar-refractivity contribution in [1.82, 2.24) is 10.2 Å². The van der Waals surface area contributed by atoms with E-state index in [1.165, 1.54) is 5.56 Å². The van der Waals surface area contributed by atoms with Gasteiger partial charge in [-0.05, 0) is 17.9 Å². The van der Waals surface area contributed by atoms with Gasteiger partial charge in [-0.1, -0.05) is 50.6 Å². The number of carbonyl (C=O) groups excluding carboxylic acids is 1. The van der Waals surface area contributed by atoms with E-state index in [0.29, 0.717) is 19.5 Å². The van der Waals surface area contributed by atoms with Crippen LogP contribution in [0.25, 0.3) is 0 Å². The maximum absolute atomic E-state index is 12.1. The van der Waals surface area contributed by atoms with Crippen molar-refractivity contribution in [3.05, 3.63) is 35.9 Å². The first-order valence-electron chi connectivity index (χ1n) is 8.50. The summed E-state index contributed by atoms with van der Waals surface area (Å²) in [6, 6.07) is 9.88. The second-order valence-corrected chi connectivity index (χ2v) is 6.61. The van der Waals surface area contributed by atoms with Crippen LogP contribution in [-0.4, -0.2) is 47.2 Å². The predicted octanol–water partition coefficient (Wildman–Crippen LogP) is 1.11. The molecule has 1 aromatic carbocycles. The highest BCUT2D eigenvalue weighted by Crippen LogP contribution is 2.20. The number of carbonyl (C=O) groups is 1. The van der Waals surface area contributed by atoms with Gasteiger partial charge in [-0.15, -0.1) is 0 Å². The third-order valence-electron chi connectivity index (χ3n) is 4.81. The Hall–Kier alpha value is -1.43. The average molecular weight is 319 g/mol. The van der Waals surface area contributed by atoms with E-state index in [1.807, 2.05) is 32.0 Å². The van der Waals surface area contributed by atoms with Crippen molar-refractivity contribution in [2.24, 2.45) is 11.7 Å². The minimum atomic E-state index is -0.464. The lowest BCUT2D eigenvalue weighted by Gasteiger charge is -2.25. The van der Waals surface area contributed by atoms with Gasteiger partial charge in [-0.2, -0.15) is 0 Å². The topological polar surface area (TPSA) is 78.6 Å². The van der Waals surface area contributed by atoms with Crippen LogP contribution in [0.3, 0.4) is 0 Å². The van der Waals surface area contributed by atoms with Crippen LogP contribution >= 0.6 is 0 Å². The second kappa shape index (κ2) is 8.43. The molecule has 1 amide bonds. The number of hydrogen-bond donors (Lipinski definition) is 3. The van der Waals surface area contributed by atoms with Crippen LogP contribution in [0.15, 0.2) is 30.3 Å². The molecule has 1 aliphatic rings. The van der Waals surface area contributed by atoms with Crippen molar-refractivity contribution in [2.45, 2.75) is 51.4 Å². The first-order valence-corrected chi connectivity index (χ1v) is 8.50. The van der Waals surface area contributed by atoms with E-state index >= 15 is 0 Å². The molecule has 0 bridgehead atoms. The van der Waals surface area contributed by atoms with Gasteiger partial charge in [0.15, 0.2) is 0 Å². The number of benzene rings is 1. The van der Waals surface area contributed by atoms with Crippen LogP contribution in [0.5, 0.6) is 0 Å². The van der Waals surface area contributed by atoms with Gasteiger partial charge in [0.05, 0.1) is 12.1 Å². The van der Waals surface area contributed by atoms with Crippen molar-refractivity contribution >= 4 is 5.91 Å². The summed E-state index contributed by atoms with van der Waals surface area (Å²) in [6.07, 6.45) is 1.24. The first-order chi connectivity index (χ1) is 11.0. The standard InChI is InChI=1S/C18H29N3O2/c1-3-13(2)17(19)18(23)20-10-15-9-16(22)12-21(15)11-14-7-5-4-6-8-14/h4-8,13,15-17,22H,3,9-12,19H2,1-2H3,(H,20,23)/t13-,15+,16-,17-/m0/s1. The summed E-state index contributed by atoms with van der Waals surface area (Å²) < 4.78 is 0. The second-order valence-electron chi connectivity index (χ2n) is 6.61. The van der Waals surface area contributed by atoms with E-state index in [-0.39, 0.29) is 24.0 Å². The maximum Gasteiger partial charge on any atom is 0.237 e. The van der Waals surface area contributed by atoms with Crippen LogP contribution in [0, 0.1) is 5.92 Å². The lowest BCUT2D eigenvalue weighted by Crippen LogP contribution is -2.48. The van der Waals surface area contributed by atoms with E-state index in [1.54, 1.807) is 0 Å². The molecule has 1 heterocycles. The van der Waals surface area contributed by atoms with E-state index in [0.717, 1.165) is 13.0 Å². The van der Waals surface area contributed by atoms with Gasteiger partial charge in [0.2, 0.25) is 5.91 Å². The fourth-order valence-corrected chi connectivity index (χ4v) is 3.03. The molecule has 0 unspecified atom stereocenters. The Morgan fingerprint density at radius 3 is 2.78 bits per heavy atom. The lowest BCUT2D eigenvalue weighted by molar-refractivity contribution is -0.123. The van der Waals surface area contributed by atoms with Crippen LogP contribution < -0.4 is 11.1 Å². The SMILES string of the molecule is CC[C@H](C)[C@H](N)C(=O)NC[C@H]1C[C@H](O)CN1Cc1ccccc1. The van der Waals surface area contributed by atoms with Crippen LogP contribution in [0.2, 0.25) is 0 Å². The zero-order valence-electron chi connectivity index (χ0n) is 14.1. The van der Waals surface area contributed by atoms with Crippen molar-refractivity contribution in [2.75, 3.05) is 13.1 Å². The van der Waals surface area contributed by atoms with Crippen LogP contribution in [-0.2, 0) is 11.3 Å². The number of hydrogen-bond acceptors (Lipinski definition) is 4. The largest absolute Gasteiger partial charge is 0.392 e.